The summed E-state index contributed by atoms with van der Waals surface area (Å²) in [7, 11) is 0. The van der Waals surface area contributed by atoms with Gasteiger partial charge in [-0.15, -0.1) is 11.3 Å². The highest BCUT2D eigenvalue weighted by atomic mass is 32.1. The van der Waals surface area contributed by atoms with E-state index in [-0.39, 0.29) is 12.3 Å². The van der Waals surface area contributed by atoms with Crippen LogP contribution in [0.25, 0.3) is 0 Å². The zero-order chi connectivity index (χ0) is 16.0. The second-order valence-electron chi connectivity index (χ2n) is 3.32. The third kappa shape index (κ3) is 4.87. The van der Waals surface area contributed by atoms with Crippen molar-refractivity contribution in [2.75, 3.05) is 11.9 Å². The normalized spacial score (nSPS) is 11.9. The van der Waals surface area contributed by atoms with Gasteiger partial charge in [-0.1, -0.05) is 17.8 Å². The minimum Gasteiger partial charge on any atom is -0.476 e. The standard InChI is InChI=1S/C10H8F3N3O4S/c1-2-3-20-16-6(7(17)18)5-4-21-9(14-5)15-8(19)10(11,12)13/h2,4H,1,3H2,(H,17,18)(H,14,15,19). The van der Waals surface area contributed by atoms with Gasteiger partial charge in [-0.05, 0) is 0 Å². The number of aromatic nitrogens is 1. The number of halogens is 3. The lowest BCUT2D eigenvalue weighted by Crippen LogP contribution is -2.29. The molecule has 0 aliphatic rings. The molecular formula is C10H8F3N3O4S. The molecule has 2 N–H and O–H groups in total. The van der Waals surface area contributed by atoms with Gasteiger partial charge >= 0.3 is 18.1 Å². The lowest BCUT2D eigenvalue weighted by molar-refractivity contribution is -0.167. The van der Waals surface area contributed by atoms with Crippen LogP contribution in [0.1, 0.15) is 5.69 Å². The van der Waals surface area contributed by atoms with Crippen LogP contribution < -0.4 is 5.32 Å². The fraction of sp³-hybridized carbons (Fsp3) is 0.200. The molecule has 0 aliphatic carbocycles. The molecule has 0 spiro atoms. The van der Waals surface area contributed by atoms with E-state index in [0.29, 0.717) is 11.3 Å². The second kappa shape index (κ2) is 6.83. The minimum absolute atomic E-state index is 0.0570. The summed E-state index contributed by atoms with van der Waals surface area (Å²) in [6, 6.07) is 0. The Balaban J connectivity index is 2.89. The minimum atomic E-state index is -5.07. The average Bonchev–Trinajstić information content (AvgIpc) is 2.81. The summed E-state index contributed by atoms with van der Waals surface area (Å²) in [5.74, 6) is -3.70. The zero-order valence-corrected chi connectivity index (χ0v) is 11.0. The van der Waals surface area contributed by atoms with Crippen molar-refractivity contribution in [2.24, 2.45) is 5.16 Å². The van der Waals surface area contributed by atoms with E-state index in [2.05, 4.69) is 21.6 Å². The van der Waals surface area contributed by atoms with Crippen LogP contribution in [0.4, 0.5) is 18.3 Å². The number of carboxylic acids is 1. The fourth-order valence-electron chi connectivity index (χ4n) is 0.958. The second-order valence-corrected chi connectivity index (χ2v) is 4.18. The SMILES string of the molecule is C=CCON=C(C(=O)O)c1csc(NC(=O)C(F)(F)F)n1. The van der Waals surface area contributed by atoms with E-state index in [1.54, 1.807) is 0 Å². The number of alkyl halides is 3. The molecule has 1 heterocycles. The molecule has 1 rings (SSSR count). The number of thiazole rings is 1. The average molecular weight is 323 g/mol. The molecule has 0 saturated heterocycles. The molecule has 0 fully saturated rings. The van der Waals surface area contributed by atoms with E-state index in [1.807, 2.05) is 0 Å². The van der Waals surface area contributed by atoms with Crippen molar-refractivity contribution in [1.82, 2.24) is 4.98 Å². The van der Waals surface area contributed by atoms with Gasteiger partial charge < -0.3 is 9.94 Å². The van der Waals surface area contributed by atoms with E-state index in [0.717, 1.165) is 5.38 Å². The van der Waals surface area contributed by atoms with Crippen LogP contribution >= 0.6 is 11.3 Å². The summed E-state index contributed by atoms with van der Waals surface area (Å²) < 4.78 is 36.2. The van der Waals surface area contributed by atoms with Crippen molar-refractivity contribution in [3.8, 4) is 0 Å². The van der Waals surface area contributed by atoms with Crippen molar-refractivity contribution >= 4 is 34.1 Å². The zero-order valence-electron chi connectivity index (χ0n) is 10.2. The van der Waals surface area contributed by atoms with Crippen molar-refractivity contribution in [2.45, 2.75) is 6.18 Å². The predicted molar refractivity (Wildman–Crippen MR) is 67.1 cm³/mol. The van der Waals surface area contributed by atoms with Crippen molar-refractivity contribution < 1.29 is 32.7 Å². The lowest BCUT2D eigenvalue weighted by Gasteiger charge is -2.04. The van der Waals surface area contributed by atoms with Crippen LogP contribution in [-0.2, 0) is 14.4 Å². The molecule has 1 amide bonds. The van der Waals surface area contributed by atoms with Gasteiger partial charge in [0.2, 0.25) is 5.71 Å². The molecule has 7 nitrogen and oxygen atoms in total. The molecule has 0 saturated carbocycles. The summed E-state index contributed by atoms with van der Waals surface area (Å²) >= 11 is 0.616. The Kier molecular flexibility index (Phi) is 5.41. The van der Waals surface area contributed by atoms with E-state index < -0.39 is 28.9 Å². The quantitative estimate of drug-likeness (QED) is 0.359. The Morgan fingerprint density at radius 3 is 2.76 bits per heavy atom. The summed E-state index contributed by atoms with van der Waals surface area (Å²) in [6.45, 7) is 3.27. The number of carboxylic acid groups (broad SMARTS) is 1. The highest BCUT2D eigenvalue weighted by Crippen LogP contribution is 2.21. The molecule has 0 atom stereocenters. The number of hydrogen-bond acceptors (Lipinski definition) is 6. The van der Waals surface area contributed by atoms with E-state index in [4.69, 9.17) is 5.11 Å². The highest BCUT2D eigenvalue weighted by molar-refractivity contribution is 7.14. The first-order chi connectivity index (χ1) is 9.75. The molecular weight excluding hydrogens is 315 g/mol. The third-order valence-corrected chi connectivity index (χ3v) is 2.53. The molecule has 114 valence electrons. The van der Waals surface area contributed by atoms with Crippen LogP contribution in [0, 0.1) is 0 Å². The first-order valence-corrected chi connectivity index (χ1v) is 6.02. The van der Waals surface area contributed by atoms with Crippen LogP contribution in [-0.4, -0.2) is 40.5 Å². The lowest BCUT2D eigenvalue weighted by atomic mass is 10.3. The van der Waals surface area contributed by atoms with Crippen molar-refractivity contribution in [3.05, 3.63) is 23.7 Å². The number of carbonyl (C=O) groups is 2. The number of hydrogen-bond donors (Lipinski definition) is 2. The van der Waals surface area contributed by atoms with Crippen LogP contribution in [0.15, 0.2) is 23.2 Å². The van der Waals surface area contributed by atoms with E-state index in [9.17, 15) is 22.8 Å². The third-order valence-electron chi connectivity index (χ3n) is 1.78. The molecule has 0 bridgehead atoms. The predicted octanol–water partition coefficient (Wildman–Crippen LogP) is 1.64. The van der Waals surface area contributed by atoms with E-state index in [1.165, 1.54) is 11.4 Å². The molecule has 11 heteroatoms. The number of amides is 1. The topological polar surface area (TPSA) is 101 Å². The number of aliphatic carboxylic acids is 1. The highest BCUT2D eigenvalue weighted by Gasteiger charge is 2.39. The monoisotopic (exact) mass is 323 g/mol. The maximum Gasteiger partial charge on any atom is 0.471 e. The van der Waals surface area contributed by atoms with E-state index >= 15 is 0 Å². The van der Waals surface area contributed by atoms with Crippen LogP contribution in [0.5, 0.6) is 0 Å². The first kappa shape index (κ1) is 16.6. The maximum absolute atomic E-state index is 12.1. The molecule has 21 heavy (non-hydrogen) atoms. The Bertz CT molecular complexity index is 582. The number of nitrogens with zero attached hydrogens (tertiary/aromatic N) is 2. The van der Waals surface area contributed by atoms with Crippen molar-refractivity contribution in [3.63, 3.8) is 0 Å². The largest absolute Gasteiger partial charge is 0.476 e. The number of nitrogens with one attached hydrogen (secondary N) is 1. The summed E-state index contributed by atoms with van der Waals surface area (Å²) in [5, 5.41) is 14.4. The summed E-state index contributed by atoms with van der Waals surface area (Å²) in [6.07, 6.45) is -3.75. The first-order valence-electron chi connectivity index (χ1n) is 5.14. The van der Waals surface area contributed by atoms with Crippen LogP contribution in [0.3, 0.4) is 0 Å². The summed E-state index contributed by atoms with van der Waals surface area (Å²) in [5.41, 5.74) is -0.852. The molecule has 1 aromatic rings. The Morgan fingerprint density at radius 2 is 2.24 bits per heavy atom. The Hall–Kier alpha value is -2.43. The molecule has 0 radical (unpaired) electrons. The van der Waals surface area contributed by atoms with Gasteiger partial charge in [0.05, 0.1) is 0 Å². The maximum atomic E-state index is 12.1. The number of anilines is 1. The van der Waals surface area contributed by atoms with Crippen LogP contribution in [0.2, 0.25) is 0 Å². The number of carbonyl (C=O) groups excluding carboxylic acids is 1. The van der Waals surface area contributed by atoms with Gasteiger partial charge in [-0.3, -0.25) is 10.1 Å². The van der Waals surface area contributed by atoms with Gasteiger partial charge in [0.15, 0.2) is 5.13 Å². The molecule has 0 unspecified atom stereocenters. The van der Waals surface area contributed by atoms with Gasteiger partial charge in [-0.25, -0.2) is 9.78 Å². The number of oxime groups is 1. The van der Waals surface area contributed by atoms with Gasteiger partial charge in [0.1, 0.15) is 12.3 Å². The van der Waals surface area contributed by atoms with Gasteiger partial charge in [0.25, 0.3) is 0 Å². The van der Waals surface area contributed by atoms with Crippen molar-refractivity contribution in [1.29, 1.82) is 0 Å². The summed E-state index contributed by atoms with van der Waals surface area (Å²) in [4.78, 5) is 29.8. The van der Waals surface area contributed by atoms with Gasteiger partial charge in [0, 0.05) is 5.38 Å². The molecule has 1 aromatic heterocycles. The molecule has 0 aromatic carbocycles. The number of rotatable bonds is 6. The smallest absolute Gasteiger partial charge is 0.471 e. The Morgan fingerprint density at radius 1 is 1.57 bits per heavy atom. The Labute approximate surface area is 119 Å². The molecule has 0 aliphatic heterocycles. The van der Waals surface area contributed by atoms with Gasteiger partial charge in [-0.2, -0.15) is 13.2 Å². The fourth-order valence-corrected chi connectivity index (χ4v) is 1.65.